The van der Waals surface area contributed by atoms with Gasteiger partial charge in [-0.3, -0.25) is 27.1 Å². The fraction of sp³-hybridized carbons (Fsp3) is 1.00. The lowest BCUT2D eigenvalue weighted by molar-refractivity contribution is -0.0389. The number of phosphoric ester groups is 2. The van der Waals surface area contributed by atoms with Crippen molar-refractivity contribution < 1.29 is 70.2 Å². The van der Waals surface area contributed by atoms with Crippen LogP contribution < -0.4 is 0 Å². The minimum atomic E-state index is -4.24. The van der Waals surface area contributed by atoms with E-state index in [1.54, 1.807) is 6.92 Å². The fourth-order valence-corrected chi connectivity index (χ4v) is 5.01. The number of rotatable bonds is 25. The Kier molecular flexibility index (Phi) is 19.7. The minimum absolute atomic E-state index is 0.120. The van der Waals surface area contributed by atoms with E-state index in [9.17, 15) is 19.3 Å². The molecule has 0 aromatic rings. The Labute approximate surface area is 230 Å². The van der Waals surface area contributed by atoms with Gasteiger partial charge in [0.15, 0.2) is 0 Å². The second kappa shape index (κ2) is 20.8. The van der Waals surface area contributed by atoms with E-state index in [1.165, 1.54) is 0 Å². The van der Waals surface area contributed by atoms with E-state index < -0.39 is 52.8 Å². The van der Waals surface area contributed by atoms with E-state index in [0.29, 0.717) is 33.0 Å². The first kappa shape index (κ1) is 37.0. The number of unbranched alkanes of at least 4 members (excludes halogenated alkanes) is 1. The number of aliphatic hydroxyl groups is 2. The highest BCUT2D eigenvalue weighted by Gasteiger charge is 2.48. The monoisotopic (exact) mass is 612 g/mol. The Hall–Kier alpha value is -0.0600. The molecule has 234 valence electrons. The standard InChI is InChI=1S/C22H46O15P2/c1-6-7-8-30-9-10-31-11-12-32-13-14-33-15-19(23)16-34-39(26,29-5)37-22-20(36-18(2)21(22)24)17-35-38(25,27-3)28-4/h18-24H,6-17H2,1-5H3. The predicted octanol–water partition coefficient (Wildman–Crippen LogP) is 1.94. The van der Waals surface area contributed by atoms with Crippen molar-refractivity contribution in [2.45, 2.75) is 57.2 Å². The molecular weight excluding hydrogens is 566 g/mol. The van der Waals surface area contributed by atoms with Gasteiger partial charge >= 0.3 is 15.6 Å². The minimum Gasteiger partial charge on any atom is -0.388 e. The predicted molar refractivity (Wildman–Crippen MR) is 138 cm³/mol. The van der Waals surface area contributed by atoms with Crippen molar-refractivity contribution >= 4 is 15.6 Å². The molecule has 0 aromatic heterocycles. The van der Waals surface area contributed by atoms with Gasteiger partial charge in [0.25, 0.3) is 0 Å². The largest absolute Gasteiger partial charge is 0.475 e. The first-order valence-corrected chi connectivity index (χ1v) is 15.7. The molecule has 0 radical (unpaired) electrons. The van der Waals surface area contributed by atoms with Gasteiger partial charge in [0, 0.05) is 27.9 Å². The average molecular weight is 613 g/mol. The lowest BCUT2D eigenvalue weighted by Gasteiger charge is -2.26. The summed E-state index contributed by atoms with van der Waals surface area (Å²) in [5, 5.41) is 20.5. The molecule has 6 atom stereocenters. The Morgan fingerprint density at radius 1 is 0.795 bits per heavy atom. The summed E-state index contributed by atoms with van der Waals surface area (Å²) in [4.78, 5) is 0. The average Bonchev–Trinajstić information content (AvgIpc) is 3.20. The number of ether oxygens (including phenoxy) is 5. The number of hydrogen-bond donors (Lipinski definition) is 2. The van der Waals surface area contributed by atoms with Gasteiger partial charge in [-0.25, -0.2) is 9.13 Å². The zero-order valence-electron chi connectivity index (χ0n) is 23.5. The summed E-state index contributed by atoms with van der Waals surface area (Å²) in [6.07, 6.45) is -3.20. The molecular formula is C22H46O15P2. The first-order valence-electron chi connectivity index (χ1n) is 12.8. The summed E-state index contributed by atoms with van der Waals surface area (Å²) in [7, 11) is -4.70. The molecule has 0 saturated carbocycles. The Morgan fingerprint density at radius 3 is 1.87 bits per heavy atom. The smallest absolute Gasteiger partial charge is 0.388 e. The molecule has 0 spiro atoms. The van der Waals surface area contributed by atoms with Crippen LogP contribution in [-0.2, 0) is 60.0 Å². The highest BCUT2D eigenvalue weighted by molar-refractivity contribution is 7.48. The van der Waals surface area contributed by atoms with Crippen LogP contribution in [0.3, 0.4) is 0 Å². The van der Waals surface area contributed by atoms with Crippen LogP contribution in [0, 0.1) is 0 Å². The summed E-state index contributed by atoms with van der Waals surface area (Å²) >= 11 is 0. The molecule has 39 heavy (non-hydrogen) atoms. The second-order valence-electron chi connectivity index (χ2n) is 8.39. The van der Waals surface area contributed by atoms with Crippen LogP contribution in [0.1, 0.15) is 26.7 Å². The van der Waals surface area contributed by atoms with Crippen molar-refractivity contribution in [3.8, 4) is 0 Å². The molecule has 6 unspecified atom stereocenters. The van der Waals surface area contributed by atoms with E-state index in [1.807, 2.05) is 0 Å². The van der Waals surface area contributed by atoms with Crippen LogP contribution in [0.15, 0.2) is 0 Å². The van der Waals surface area contributed by atoms with Gasteiger partial charge in [-0.1, -0.05) is 13.3 Å². The summed E-state index contributed by atoms with van der Waals surface area (Å²) in [5.41, 5.74) is 0. The summed E-state index contributed by atoms with van der Waals surface area (Å²) in [6.45, 7) is 5.89. The second-order valence-corrected chi connectivity index (χ2v) is 12.0. The van der Waals surface area contributed by atoms with Crippen LogP contribution in [0.4, 0.5) is 0 Å². The van der Waals surface area contributed by atoms with E-state index in [4.69, 9.17) is 50.8 Å². The van der Waals surface area contributed by atoms with Crippen LogP contribution in [0.25, 0.3) is 0 Å². The molecule has 0 amide bonds. The van der Waals surface area contributed by atoms with E-state index in [2.05, 4.69) is 6.92 Å². The maximum Gasteiger partial charge on any atom is 0.475 e. The van der Waals surface area contributed by atoms with E-state index in [-0.39, 0.29) is 19.8 Å². The van der Waals surface area contributed by atoms with Gasteiger partial charge < -0.3 is 33.9 Å². The van der Waals surface area contributed by atoms with Crippen molar-refractivity contribution in [3.05, 3.63) is 0 Å². The van der Waals surface area contributed by atoms with Gasteiger partial charge in [-0.15, -0.1) is 0 Å². The molecule has 1 aliphatic rings. The highest BCUT2D eigenvalue weighted by Crippen LogP contribution is 2.53. The van der Waals surface area contributed by atoms with E-state index >= 15 is 0 Å². The van der Waals surface area contributed by atoms with Gasteiger partial charge in [0.1, 0.15) is 24.4 Å². The Balaban J connectivity index is 2.30. The summed E-state index contributed by atoms with van der Waals surface area (Å²) < 4.78 is 82.2. The van der Waals surface area contributed by atoms with Crippen LogP contribution in [0.5, 0.6) is 0 Å². The lowest BCUT2D eigenvalue weighted by atomic mass is 10.1. The fourth-order valence-electron chi connectivity index (χ4n) is 3.16. The molecule has 1 fully saturated rings. The maximum atomic E-state index is 13.0. The molecule has 0 bridgehead atoms. The Morgan fingerprint density at radius 2 is 1.33 bits per heavy atom. The van der Waals surface area contributed by atoms with Gasteiger partial charge in [-0.05, 0) is 13.3 Å². The molecule has 2 N–H and O–H groups in total. The molecule has 1 rings (SSSR count). The first-order chi connectivity index (χ1) is 18.6. The quantitative estimate of drug-likeness (QED) is 0.113. The van der Waals surface area contributed by atoms with Crippen molar-refractivity contribution in [2.75, 3.05) is 87.4 Å². The zero-order valence-corrected chi connectivity index (χ0v) is 25.3. The topological polar surface area (TPSA) is 176 Å². The zero-order chi connectivity index (χ0) is 29.2. The summed E-state index contributed by atoms with van der Waals surface area (Å²) in [6, 6.07) is 0. The maximum absolute atomic E-state index is 13.0. The van der Waals surface area contributed by atoms with Crippen molar-refractivity contribution in [3.63, 3.8) is 0 Å². The molecule has 17 heteroatoms. The van der Waals surface area contributed by atoms with Gasteiger partial charge in [-0.2, -0.15) is 0 Å². The van der Waals surface area contributed by atoms with Crippen LogP contribution in [0.2, 0.25) is 0 Å². The number of phosphoric acid groups is 2. The van der Waals surface area contributed by atoms with Crippen molar-refractivity contribution in [1.82, 2.24) is 0 Å². The van der Waals surface area contributed by atoms with E-state index in [0.717, 1.165) is 40.8 Å². The molecule has 0 aliphatic carbocycles. The van der Waals surface area contributed by atoms with Crippen molar-refractivity contribution in [2.24, 2.45) is 0 Å². The third-order valence-electron chi connectivity index (χ3n) is 5.39. The molecule has 1 saturated heterocycles. The van der Waals surface area contributed by atoms with Gasteiger partial charge in [0.05, 0.1) is 65.6 Å². The van der Waals surface area contributed by atoms with Crippen molar-refractivity contribution in [1.29, 1.82) is 0 Å². The number of aliphatic hydroxyl groups excluding tert-OH is 2. The van der Waals surface area contributed by atoms with Crippen LogP contribution in [-0.4, -0.2) is 128 Å². The molecule has 0 aromatic carbocycles. The third kappa shape index (κ3) is 15.1. The lowest BCUT2D eigenvalue weighted by Crippen LogP contribution is -2.36. The number of hydrogen-bond acceptors (Lipinski definition) is 15. The van der Waals surface area contributed by atoms with Gasteiger partial charge in [0.2, 0.25) is 0 Å². The SMILES string of the molecule is CCCCOCCOCCOCCOCC(O)COP(=O)(OC)OC1C(COP(=O)(OC)OC)OC(C)C1O. The molecule has 1 heterocycles. The normalized spacial score (nSPS) is 24.2. The third-order valence-corrected chi connectivity index (χ3v) is 8.16. The molecule has 15 nitrogen and oxygen atoms in total. The molecule has 1 aliphatic heterocycles. The van der Waals surface area contributed by atoms with Crippen LogP contribution >= 0.6 is 15.6 Å². The Bertz CT molecular complexity index is 707. The summed E-state index contributed by atoms with van der Waals surface area (Å²) in [5.74, 6) is 0. The highest BCUT2D eigenvalue weighted by atomic mass is 31.2.